The van der Waals surface area contributed by atoms with Crippen LogP contribution in [-0.4, -0.2) is 11.7 Å². The molecule has 0 spiro atoms. The smallest absolute Gasteiger partial charge is 0.124 e. The molecule has 0 aliphatic rings. The van der Waals surface area contributed by atoms with E-state index in [1.165, 1.54) is 12.1 Å². The van der Waals surface area contributed by atoms with Crippen molar-refractivity contribution in [3.05, 3.63) is 34.1 Å². The molecule has 0 fully saturated rings. The molecule has 1 nitrogen and oxygen atoms in total. The first-order chi connectivity index (χ1) is 6.22. The fraction of sp³-hybridized carbons (Fsp3) is 0.400. The molecule has 0 bridgehead atoms. The van der Waals surface area contributed by atoms with E-state index in [0.29, 0.717) is 0 Å². The topological polar surface area (TPSA) is 20.2 Å². The van der Waals surface area contributed by atoms with Gasteiger partial charge in [-0.1, -0.05) is 15.9 Å². The molecule has 3 heteroatoms. The van der Waals surface area contributed by atoms with Crippen molar-refractivity contribution < 1.29 is 9.50 Å². The molecule has 0 radical (unpaired) electrons. The molecular weight excluding hydrogens is 235 g/mol. The van der Waals surface area contributed by atoms with Crippen LogP contribution >= 0.6 is 15.9 Å². The SMILES string of the molecule is OCCCCc1cc(F)cc(Br)c1. The van der Waals surface area contributed by atoms with E-state index in [1.54, 1.807) is 0 Å². The highest BCUT2D eigenvalue weighted by atomic mass is 79.9. The highest BCUT2D eigenvalue weighted by Gasteiger charge is 1.98. The largest absolute Gasteiger partial charge is 0.396 e. The summed E-state index contributed by atoms with van der Waals surface area (Å²) in [5.41, 5.74) is 0.973. The number of aliphatic hydroxyl groups is 1. The van der Waals surface area contributed by atoms with Gasteiger partial charge in [0.15, 0.2) is 0 Å². The molecule has 0 aromatic heterocycles. The Bertz CT molecular complexity index is 255. The fourth-order valence-corrected chi connectivity index (χ4v) is 1.71. The summed E-state index contributed by atoms with van der Waals surface area (Å²) in [6.45, 7) is 0.205. The number of aliphatic hydroxyl groups excluding tert-OH is 1. The molecule has 1 rings (SSSR count). The zero-order valence-electron chi connectivity index (χ0n) is 7.26. The van der Waals surface area contributed by atoms with Crippen LogP contribution in [0.4, 0.5) is 4.39 Å². The quantitative estimate of drug-likeness (QED) is 0.811. The number of aryl methyl sites for hydroxylation is 1. The van der Waals surface area contributed by atoms with E-state index in [-0.39, 0.29) is 12.4 Å². The van der Waals surface area contributed by atoms with Crippen LogP contribution in [0.3, 0.4) is 0 Å². The second-order valence-electron chi connectivity index (χ2n) is 2.96. The molecule has 0 unspecified atom stereocenters. The molecule has 72 valence electrons. The molecule has 0 saturated carbocycles. The summed E-state index contributed by atoms with van der Waals surface area (Å²) < 4.78 is 13.6. The normalized spacial score (nSPS) is 10.4. The molecule has 0 atom stereocenters. The maximum Gasteiger partial charge on any atom is 0.124 e. The van der Waals surface area contributed by atoms with E-state index in [0.717, 1.165) is 29.3 Å². The monoisotopic (exact) mass is 246 g/mol. The first-order valence-electron chi connectivity index (χ1n) is 4.28. The lowest BCUT2D eigenvalue weighted by Gasteiger charge is -2.01. The van der Waals surface area contributed by atoms with Gasteiger partial charge >= 0.3 is 0 Å². The number of unbranched alkanes of at least 4 members (excludes halogenated alkanes) is 1. The molecule has 13 heavy (non-hydrogen) atoms. The van der Waals surface area contributed by atoms with Crippen LogP contribution < -0.4 is 0 Å². The molecule has 1 N–H and O–H groups in total. The van der Waals surface area contributed by atoms with E-state index < -0.39 is 0 Å². The minimum Gasteiger partial charge on any atom is -0.396 e. The Morgan fingerprint density at radius 1 is 1.23 bits per heavy atom. The second kappa shape index (κ2) is 5.35. The Morgan fingerprint density at radius 3 is 2.62 bits per heavy atom. The first kappa shape index (κ1) is 10.7. The number of benzene rings is 1. The van der Waals surface area contributed by atoms with E-state index in [9.17, 15) is 4.39 Å². The zero-order chi connectivity index (χ0) is 9.68. The third-order valence-corrected chi connectivity index (χ3v) is 2.25. The van der Waals surface area contributed by atoms with E-state index in [2.05, 4.69) is 15.9 Å². The maximum atomic E-state index is 12.9. The van der Waals surface area contributed by atoms with Crippen molar-refractivity contribution >= 4 is 15.9 Å². The summed E-state index contributed by atoms with van der Waals surface area (Å²) in [7, 11) is 0. The lowest BCUT2D eigenvalue weighted by Crippen LogP contribution is -1.89. The van der Waals surface area contributed by atoms with Crippen molar-refractivity contribution in [1.82, 2.24) is 0 Å². The minimum absolute atomic E-state index is 0.205. The van der Waals surface area contributed by atoms with Gasteiger partial charge in [-0.15, -0.1) is 0 Å². The van der Waals surface area contributed by atoms with Crippen molar-refractivity contribution in [2.24, 2.45) is 0 Å². The summed E-state index contributed by atoms with van der Waals surface area (Å²) >= 11 is 3.23. The average Bonchev–Trinajstić information content (AvgIpc) is 2.03. The highest BCUT2D eigenvalue weighted by Crippen LogP contribution is 2.16. The van der Waals surface area contributed by atoms with Gasteiger partial charge in [-0.3, -0.25) is 0 Å². The Morgan fingerprint density at radius 2 is 2.00 bits per heavy atom. The van der Waals surface area contributed by atoms with Gasteiger partial charge in [-0.2, -0.15) is 0 Å². The van der Waals surface area contributed by atoms with Crippen LogP contribution in [0, 0.1) is 5.82 Å². The molecular formula is C10H12BrFO. The third kappa shape index (κ3) is 3.87. The molecule has 1 aromatic rings. The number of hydrogen-bond donors (Lipinski definition) is 1. The van der Waals surface area contributed by atoms with Crippen LogP contribution in [0.5, 0.6) is 0 Å². The van der Waals surface area contributed by atoms with Crippen molar-refractivity contribution in [2.45, 2.75) is 19.3 Å². The number of halogens is 2. The summed E-state index contributed by atoms with van der Waals surface area (Å²) in [4.78, 5) is 0. The van der Waals surface area contributed by atoms with Crippen LogP contribution in [0.1, 0.15) is 18.4 Å². The van der Waals surface area contributed by atoms with Gasteiger partial charge in [-0.25, -0.2) is 4.39 Å². The molecule has 0 amide bonds. The second-order valence-corrected chi connectivity index (χ2v) is 3.87. The zero-order valence-corrected chi connectivity index (χ0v) is 8.85. The van der Waals surface area contributed by atoms with Crippen molar-refractivity contribution in [3.8, 4) is 0 Å². The van der Waals surface area contributed by atoms with Crippen molar-refractivity contribution in [2.75, 3.05) is 6.61 Å². The van der Waals surface area contributed by atoms with Gasteiger partial charge in [0.1, 0.15) is 5.82 Å². The standard InChI is InChI=1S/C10H12BrFO/c11-9-5-8(3-1-2-4-13)6-10(12)7-9/h5-7,13H,1-4H2. The average molecular weight is 247 g/mol. The first-order valence-corrected chi connectivity index (χ1v) is 5.07. The van der Waals surface area contributed by atoms with Gasteiger partial charge in [0.05, 0.1) is 0 Å². The lowest BCUT2D eigenvalue weighted by atomic mass is 10.1. The molecule has 0 heterocycles. The van der Waals surface area contributed by atoms with E-state index in [4.69, 9.17) is 5.11 Å². The Labute approximate surface area is 85.7 Å². The van der Waals surface area contributed by atoms with E-state index in [1.807, 2.05) is 6.07 Å². The Hall–Kier alpha value is -0.410. The third-order valence-electron chi connectivity index (χ3n) is 1.80. The molecule has 0 aliphatic carbocycles. The molecule has 1 aromatic carbocycles. The fourth-order valence-electron chi connectivity index (χ4n) is 1.20. The van der Waals surface area contributed by atoms with Gasteiger partial charge in [0.2, 0.25) is 0 Å². The van der Waals surface area contributed by atoms with Gasteiger partial charge < -0.3 is 5.11 Å². The predicted octanol–water partition coefficient (Wildman–Crippen LogP) is 2.90. The van der Waals surface area contributed by atoms with E-state index >= 15 is 0 Å². The predicted molar refractivity (Wildman–Crippen MR) is 54.1 cm³/mol. The van der Waals surface area contributed by atoms with Crippen LogP contribution in [0.15, 0.2) is 22.7 Å². The number of rotatable bonds is 4. The van der Waals surface area contributed by atoms with Gasteiger partial charge in [-0.05, 0) is 43.0 Å². The van der Waals surface area contributed by atoms with Gasteiger partial charge in [0, 0.05) is 11.1 Å². The van der Waals surface area contributed by atoms with Crippen LogP contribution in [-0.2, 0) is 6.42 Å². The maximum absolute atomic E-state index is 12.9. The van der Waals surface area contributed by atoms with Crippen molar-refractivity contribution in [3.63, 3.8) is 0 Å². The van der Waals surface area contributed by atoms with Crippen LogP contribution in [0.25, 0.3) is 0 Å². The summed E-state index contributed by atoms with van der Waals surface area (Å²) in [6.07, 6.45) is 2.48. The number of hydrogen-bond acceptors (Lipinski definition) is 1. The summed E-state index contributed by atoms with van der Waals surface area (Å²) in [6, 6.07) is 4.87. The molecule has 0 saturated heterocycles. The summed E-state index contributed by atoms with van der Waals surface area (Å²) in [5, 5.41) is 8.57. The Balaban J connectivity index is 2.56. The van der Waals surface area contributed by atoms with Gasteiger partial charge in [0.25, 0.3) is 0 Å². The minimum atomic E-state index is -0.214. The lowest BCUT2D eigenvalue weighted by molar-refractivity contribution is 0.284. The van der Waals surface area contributed by atoms with Crippen molar-refractivity contribution in [1.29, 1.82) is 0 Å². The summed E-state index contributed by atoms with van der Waals surface area (Å²) in [5.74, 6) is -0.214. The highest BCUT2D eigenvalue weighted by molar-refractivity contribution is 9.10. The molecule has 0 aliphatic heterocycles. The van der Waals surface area contributed by atoms with Crippen LogP contribution in [0.2, 0.25) is 0 Å². The Kier molecular flexibility index (Phi) is 4.39.